The number of benzene rings is 12. The summed E-state index contributed by atoms with van der Waals surface area (Å²) in [5.74, 6) is 0. The first-order valence-electron chi connectivity index (χ1n) is 48.1. The summed E-state index contributed by atoms with van der Waals surface area (Å²) in [6.07, 6.45) is 30.6. The summed E-state index contributed by atoms with van der Waals surface area (Å²) in [6.45, 7) is 0. The first-order valence-corrected chi connectivity index (χ1v) is 48.1. The summed E-state index contributed by atoms with van der Waals surface area (Å²) in [5.41, 5.74) is 60.0. The third kappa shape index (κ3) is 10.4. The van der Waals surface area contributed by atoms with Gasteiger partial charge in [0.2, 0.25) is 0 Å². The first kappa shape index (κ1) is 75.1. The maximum Gasteiger partial charge on any atom is 0.165 e. The van der Waals surface area contributed by atoms with E-state index in [-0.39, 0.29) is 0 Å². The van der Waals surface area contributed by atoms with Crippen LogP contribution in [-0.4, -0.2) is 77.4 Å². The van der Waals surface area contributed by atoms with E-state index in [2.05, 4.69) is 276 Å². The van der Waals surface area contributed by atoms with Crippen molar-refractivity contribution in [3.63, 3.8) is 0 Å². The Morgan fingerprint density at radius 3 is 0.864 bits per heavy atom. The smallest absolute Gasteiger partial charge is 0.165 e. The lowest BCUT2D eigenvalue weighted by molar-refractivity contribution is 1.16. The van der Waals surface area contributed by atoms with E-state index in [9.17, 15) is 0 Å². The summed E-state index contributed by atoms with van der Waals surface area (Å²) in [6, 6.07) is 97.9. The third-order valence-electron chi connectivity index (χ3n) is 31.8. The molecule has 0 N–H and O–H groups in total. The van der Waals surface area contributed by atoms with Gasteiger partial charge in [-0.25, -0.2) is 39.9 Å². The largest absolute Gasteiger partial charge is 0.274 e. The predicted molar refractivity (Wildman–Crippen MR) is 559 cm³/mol. The second-order valence-electron chi connectivity index (χ2n) is 38.9. The number of rotatable bonds is 0. The van der Waals surface area contributed by atoms with E-state index in [1.165, 1.54) is 227 Å². The Morgan fingerprint density at radius 1 is 0.164 bits per heavy atom. The van der Waals surface area contributed by atoms with Gasteiger partial charge in [0.15, 0.2) is 22.6 Å². The van der Waals surface area contributed by atoms with E-state index in [1.54, 1.807) is 0 Å². The van der Waals surface area contributed by atoms with Crippen molar-refractivity contribution < 1.29 is 0 Å². The van der Waals surface area contributed by atoms with Gasteiger partial charge >= 0.3 is 0 Å². The number of hydrogen-bond donors (Lipinski definition) is 0. The summed E-state index contributed by atoms with van der Waals surface area (Å²) in [5, 5.41) is 14.3. The number of hydrogen-bond acceptors (Lipinski definition) is 12. The number of pyridine rings is 12. The van der Waals surface area contributed by atoms with E-state index in [0.717, 1.165) is 157 Å². The lowest BCUT2D eigenvalue weighted by Crippen LogP contribution is -1.94. The van der Waals surface area contributed by atoms with E-state index >= 15 is 0 Å². The highest BCUT2D eigenvalue weighted by Gasteiger charge is 2.36. The molecule has 16 heteroatoms. The molecule has 16 nitrogen and oxygen atoms in total. The number of aromatic nitrogens is 16. The highest BCUT2D eigenvalue weighted by Crippen LogP contribution is 2.55. The average molecular weight is 1790 g/mol. The first-order chi connectivity index (χ1) is 69.4. The molecule has 12 aromatic carbocycles. The van der Waals surface area contributed by atoms with Gasteiger partial charge in [-0.05, 0) is 390 Å². The monoisotopic (exact) mass is 1780 g/mol. The van der Waals surface area contributed by atoms with Crippen LogP contribution in [0.5, 0.6) is 0 Å². The minimum Gasteiger partial charge on any atom is -0.274 e. The molecule has 0 saturated heterocycles. The Labute approximate surface area is 796 Å². The quantitative estimate of drug-likeness (QED) is 0.132. The van der Waals surface area contributed by atoms with Crippen molar-refractivity contribution in [3.05, 3.63) is 430 Å². The Bertz CT molecular complexity index is 10600. The molecule has 16 heterocycles. The summed E-state index contributed by atoms with van der Waals surface area (Å²) < 4.78 is 8.68. The molecular formula is C124H72N16. The van der Waals surface area contributed by atoms with Crippen LogP contribution in [0.15, 0.2) is 341 Å². The SMILES string of the molecule is c1ccc2c(c1)Cc1c-2ccc2c1-c1cc3c(cc1C2)c1ccncc1n1c2ncccc2nc31.c1ccc2c(c1)Cc1c-2ccc2c1Cc1cc3c4ccncc4n4c5ncccc5nc4c3cc1-2.c1ccc2c(c1)Cc1cc3c(cc1-2)-c1cc2c(cc1C3)c1ccncc1n1c3ncccc3nc21.c1ccc2c(c1)Cc1cc3c(cc1-2)Cc1cc2c4ccncc4n4c5ncccc5nc4c2cc1-3. The van der Waals surface area contributed by atoms with Crippen LogP contribution >= 0.6 is 0 Å². The van der Waals surface area contributed by atoms with Gasteiger partial charge in [-0.15, -0.1) is 0 Å². The van der Waals surface area contributed by atoms with Gasteiger partial charge in [0, 0.05) is 92.7 Å². The van der Waals surface area contributed by atoms with Crippen molar-refractivity contribution in [3.8, 4) is 89.0 Å². The molecule has 0 bridgehead atoms. The van der Waals surface area contributed by atoms with E-state index in [0.29, 0.717) is 0 Å². The Kier molecular flexibility index (Phi) is 14.9. The average Bonchev–Trinajstić information content (AvgIpc) is 1.55. The maximum atomic E-state index is 5.05. The maximum absolute atomic E-state index is 5.05. The van der Waals surface area contributed by atoms with Crippen LogP contribution < -0.4 is 0 Å². The van der Waals surface area contributed by atoms with E-state index < -0.39 is 0 Å². The molecule has 16 aromatic heterocycles. The number of imidazole rings is 4. The topological polar surface area (TPSA) is 172 Å². The second-order valence-corrected chi connectivity index (χ2v) is 38.9. The molecule has 28 aromatic rings. The molecule has 0 unspecified atom stereocenters. The number of fused-ring (bicyclic) bond motifs is 58. The van der Waals surface area contributed by atoms with Crippen molar-refractivity contribution >= 4 is 154 Å². The standard InChI is InChI=1S/4C31H18N4/c1-2-5-20-17(4-1)13-25-21(20)8-7-18-12-19-14-24-22-9-11-32-16-28(22)35-30(26(24)15-23(19)29(18)25)34-27-6-3-10-33-31(27)35;1-2-5-19-17(4-1)12-24-20(19)7-8-21-23-15-27-26(14-18(23)13-25(21)24)22-9-11-32-16-29(22)35-30(27)34-28-6-3-10-33-31(28)35;1-2-5-21-17(4-1)10-18-13-24-19(12-23(18)21)11-20-14-26-22-7-9-32-16-29(22)35-30(27(26)15-25(20)24)34-28-6-3-8-33-31(28)35;1-2-5-21-17(4-1)10-18-11-19-12-20-13-26-22-7-9-32-16-29(22)35-30(34-28-6-3-8-33-31(28)35)27(26)15-25(20)24(19)14-23(18)21/h2*1-11,14-16H,12-13H2;1-9,12-16H,10-11H2;1-9,11,13-16H,10,12H2. The molecule has 0 aliphatic heterocycles. The molecule has 0 spiro atoms. The Hall–Kier alpha value is -18.3. The normalized spacial score (nSPS) is 13.5. The fraction of sp³-hybridized carbons (Fsp3) is 0.0645. The highest BCUT2D eigenvalue weighted by molar-refractivity contribution is 6.20. The van der Waals surface area contributed by atoms with Gasteiger partial charge < -0.3 is 0 Å². The van der Waals surface area contributed by atoms with Crippen molar-refractivity contribution in [2.75, 3.05) is 0 Å². The van der Waals surface area contributed by atoms with Gasteiger partial charge in [0.1, 0.15) is 44.7 Å². The zero-order valence-corrected chi connectivity index (χ0v) is 75.1. The fourth-order valence-corrected chi connectivity index (χ4v) is 25.8. The van der Waals surface area contributed by atoms with Crippen molar-refractivity contribution in [2.24, 2.45) is 0 Å². The summed E-state index contributed by atoms with van der Waals surface area (Å²) in [4.78, 5) is 56.6. The third-order valence-corrected chi connectivity index (χ3v) is 31.8. The van der Waals surface area contributed by atoms with Crippen molar-refractivity contribution in [1.82, 2.24) is 77.4 Å². The predicted octanol–water partition coefficient (Wildman–Crippen LogP) is 26.9. The van der Waals surface area contributed by atoms with E-state index in [4.69, 9.17) is 19.9 Å². The Balaban J connectivity index is 0.0000000829. The van der Waals surface area contributed by atoms with Crippen LogP contribution in [0.3, 0.4) is 0 Å². The molecule has 0 amide bonds. The van der Waals surface area contributed by atoms with Gasteiger partial charge in [-0.2, -0.15) is 0 Å². The van der Waals surface area contributed by atoms with Crippen LogP contribution in [0, 0.1) is 0 Å². The van der Waals surface area contributed by atoms with Crippen LogP contribution in [0.1, 0.15) is 89.0 Å². The fourth-order valence-electron chi connectivity index (χ4n) is 25.8. The van der Waals surface area contributed by atoms with Gasteiger partial charge in [0.05, 0.1) is 46.9 Å². The lowest BCUT2D eigenvalue weighted by atomic mass is 9.94. The summed E-state index contributed by atoms with van der Waals surface area (Å²) >= 11 is 0. The molecule has 140 heavy (non-hydrogen) atoms. The molecule has 36 rings (SSSR count). The van der Waals surface area contributed by atoms with Crippen molar-refractivity contribution in [2.45, 2.75) is 51.4 Å². The molecule has 8 aliphatic carbocycles. The molecule has 0 saturated carbocycles. The number of nitrogens with zero attached hydrogens (tertiary/aromatic N) is 16. The van der Waals surface area contributed by atoms with Crippen LogP contribution in [0.2, 0.25) is 0 Å². The Morgan fingerprint density at radius 2 is 0.443 bits per heavy atom. The molecule has 0 atom stereocenters. The van der Waals surface area contributed by atoms with Crippen LogP contribution in [-0.2, 0) is 51.4 Å². The van der Waals surface area contributed by atoms with Gasteiger partial charge in [-0.3, -0.25) is 37.5 Å². The highest BCUT2D eigenvalue weighted by atomic mass is 15.1. The molecule has 648 valence electrons. The molecule has 0 radical (unpaired) electrons. The van der Waals surface area contributed by atoms with E-state index in [1.807, 2.05) is 123 Å². The minimum atomic E-state index is 0.873. The molecule has 8 aliphatic rings. The van der Waals surface area contributed by atoms with Gasteiger partial charge in [-0.1, -0.05) is 127 Å². The van der Waals surface area contributed by atoms with Crippen molar-refractivity contribution in [1.29, 1.82) is 0 Å². The minimum absolute atomic E-state index is 0.873. The lowest BCUT2D eigenvalue weighted by Gasteiger charge is -2.12. The van der Waals surface area contributed by atoms with Gasteiger partial charge in [0.25, 0.3) is 0 Å². The van der Waals surface area contributed by atoms with Crippen LogP contribution in [0.4, 0.5) is 0 Å². The molecular weight excluding hydrogens is 1710 g/mol. The van der Waals surface area contributed by atoms with Crippen LogP contribution in [0.25, 0.3) is 243 Å². The molecule has 0 fully saturated rings. The summed E-state index contributed by atoms with van der Waals surface area (Å²) in [7, 11) is 0. The zero-order chi connectivity index (χ0) is 90.7. The zero-order valence-electron chi connectivity index (χ0n) is 75.1. The second kappa shape index (κ2) is 27.7.